The van der Waals surface area contributed by atoms with Crippen LogP contribution in [0.4, 0.5) is 0 Å². The van der Waals surface area contributed by atoms with E-state index in [1.807, 2.05) is 0 Å². The first-order chi connectivity index (χ1) is 12.2. The highest BCUT2D eigenvalue weighted by Crippen LogP contribution is 2.55. The molecule has 156 valence electrons. The molecule has 2 aliphatic heterocycles. The van der Waals surface area contributed by atoms with E-state index in [1.54, 1.807) is 0 Å². The van der Waals surface area contributed by atoms with Crippen molar-refractivity contribution in [1.29, 1.82) is 0 Å². The summed E-state index contributed by atoms with van der Waals surface area (Å²) in [4.78, 5) is 12.5. The van der Waals surface area contributed by atoms with Crippen LogP contribution in [0.1, 0.15) is 47.0 Å². The minimum Gasteiger partial charge on any atom is -0.413 e. The van der Waals surface area contributed by atoms with Crippen LogP contribution in [0, 0.1) is 5.92 Å². The van der Waals surface area contributed by atoms with Gasteiger partial charge in [0.25, 0.3) is 0 Å². The van der Waals surface area contributed by atoms with E-state index in [4.69, 9.17) is 13.6 Å². The van der Waals surface area contributed by atoms with Gasteiger partial charge in [0.1, 0.15) is 5.60 Å². The Hall–Kier alpha value is -0.216. The summed E-state index contributed by atoms with van der Waals surface area (Å²) in [5.41, 5.74) is -0.331. The van der Waals surface area contributed by atoms with Crippen molar-refractivity contribution < 1.29 is 18.4 Å². The number of epoxide rings is 1. The molecule has 5 nitrogen and oxygen atoms in total. The Kier molecular flexibility index (Phi) is 5.30. The fraction of sp³-hybridized carbons (Fsp3) is 0.950. The van der Waals surface area contributed by atoms with Crippen LogP contribution >= 0.6 is 0 Å². The van der Waals surface area contributed by atoms with Crippen molar-refractivity contribution in [3.63, 3.8) is 0 Å². The lowest BCUT2D eigenvalue weighted by atomic mass is 9.71. The number of amides is 1. The van der Waals surface area contributed by atoms with Crippen LogP contribution in [-0.2, 0) is 18.4 Å². The van der Waals surface area contributed by atoms with Crippen molar-refractivity contribution in [2.24, 2.45) is 5.92 Å². The van der Waals surface area contributed by atoms with Gasteiger partial charge in [0.15, 0.2) is 16.6 Å². The summed E-state index contributed by atoms with van der Waals surface area (Å²) >= 11 is 0. The second-order valence-electron chi connectivity index (χ2n) is 11.2. The fourth-order valence-corrected chi connectivity index (χ4v) is 7.12. The first kappa shape index (κ1) is 21.5. The molecule has 0 bridgehead atoms. The van der Waals surface area contributed by atoms with Gasteiger partial charge in [-0.3, -0.25) is 4.79 Å². The topological polar surface area (TPSA) is 60.1 Å². The van der Waals surface area contributed by atoms with E-state index in [1.165, 1.54) is 0 Å². The molecule has 1 saturated carbocycles. The van der Waals surface area contributed by atoms with Crippen LogP contribution in [0.15, 0.2) is 0 Å². The van der Waals surface area contributed by atoms with E-state index in [9.17, 15) is 4.79 Å². The van der Waals surface area contributed by atoms with Crippen molar-refractivity contribution in [2.45, 2.75) is 115 Å². The van der Waals surface area contributed by atoms with Crippen LogP contribution in [0.5, 0.6) is 0 Å². The van der Waals surface area contributed by atoms with Gasteiger partial charge in [-0.1, -0.05) is 20.8 Å². The third kappa shape index (κ3) is 3.82. The molecule has 7 heteroatoms. The highest BCUT2D eigenvalue weighted by molar-refractivity contribution is 6.74. The summed E-state index contributed by atoms with van der Waals surface area (Å²) in [5, 5.41) is 3.30. The van der Waals surface area contributed by atoms with Crippen molar-refractivity contribution in [3.05, 3.63) is 0 Å². The minimum atomic E-state index is -1.93. The Balaban J connectivity index is 1.77. The van der Waals surface area contributed by atoms with E-state index < -0.39 is 16.6 Å². The van der Waals surface area contributed by atoms with Crippen molar-refractivity contribution >= 4 is 22.5 Å². The maximum Gasteiger partial charge on any atom is 0.228 e. The number of β-lactam (4-membered cyclic amide) rings is 1. The van der Waals surface area contributed by atoms with Gasteiger partial charge in [0.05, 0.1) is 30.3 Å². The zero-order valence-electron chi connectivity index (χ0n) is 18.6. The molecule has 0 aromatic rings. The molecule has 0 aromatic carbocycles. The normalized spacial score (nSPS) is 37.9. The number of carbonyl (C=O) groups is 1. The molecule has 3 aliphatic rings. The molecular formula is C20H39NO4Si2. The quantitative estimate of drug-likeness (QED) is 0.405. The maximum absolute atomic E-state index is 12.5. The predicted octanol–water partition coefficient (Wildman–Crippen LogP) is 4.05. The van der Waals surface area contributed by atoms with E-state index in [0.717, 1.165) is 19.3 Å². The van der Waals surface area contributed by atoms with Gasteiger partial charge in [-0.05, 0) is 64.0 Å². The summed E-state index contributed by atoms with van der Waals surface area (Å²) in [6.07, 6.45) is 3.46. The summed E-state index contributed by atoms with van der Waals surface area (Å²) in [6, 6.07) is 0.0106. The first-order valence-corrected chi connectivity index (χ1v) is 16.8. The van der Waals surface area contributed by atoms with Gasteiger partial charge in [-0.25, -0.2) is 0 Å². The largest absolute Gasteiger partial charge is 0.413 e. The molecular weight excluding hydrogens is 374 g/mol. The van der Waals surface area contributed by atoms with Crippen molar-refractivity contribution in [1.82, 2.24) is 5.32 Å². The summed E-state index contributed by atoms with van der Waals surface area (Å²) in [5.74, 6) is -0.0397. The Morgan fingerprint density at radius 1 is 1.19 bits per heavy atom. The Morgan fingerprint density at radius 2 is 1.81 bits per heavy atom. The van der Waals surface area contributed by atoms with Gasteiger partial charge in [-0.2, -0.15) is 0 Å². The van der Waals surface area contributed by atoms with Crippen molar-refractivity contribution in [2.75, 3.05) is 0 Å². The zero-order valence-corrected chi connectivity index (χ0v) is 20.6. The van der Waals surface area contributed by atoms with Gasteiger partial charge < -0.3 is 18.9 Å². The third-order valence-electron chi connectivity index (χ3n) is 6.96. The lowest BCUT2D eigenvalue weighted by Crippen LogP contribution is -2.72. The fourth-order valence-electron chi connectivity index (χ4n) is 4.53. The van der Waals surface area contributed by atoms with E-state index in [0.29, 0.717) is 0 Å². The first-order valence-electron chi connectivity index (χ1n) is 10.5. The molecule has 2 saturated heterocycles. The second-order valence-corrected chi connectivity index (χ2v) is 20.4. The summed E-state index contributed by atoms with van der Waals surface area (Å²) in [6.45, 7) is 20.0. The SMILES string of the molecule is C[C@@H](O[Si](C)(C)C(C)(C)C)[C@H]1C(=O)N[C@H]1[C@]12OC1CCC[C@H]2O[Si](C)(C)C. The van der Waals surface area contributed by atoms with Gasteiger partial charge in [0.2, 0.25) is 5.91 Å². The number of nitrogens with one attached hydrogen (secondary N) is 1. The standard InChI is InChI=1S/C20H39NO4Si2/c1-13(24-27(8,9)19(2,3)4)16-17(21-18(16)22)20-14(23-20)11-10-12-15(20)25-26(5,6)7/h13-17H,10-12H2,1-9H3,(H,21,22)/t13-,14?,15-,16-,17-,20+/m1/s1. The predicted molar refractivity (Wildman–Crippen MR) is 113 cm³/mol. The summed E-state index contributed by atoms with van der Waals surface area (Å²) in [7, 11) is -3.62. The minimum absolute atomic E-state index is 0.0106. The van der Waals surface area contributed by atoms with Gasteiger partial charge >= 0.3 is 0 Å². The zero-order chi connectivity index (χ0) is 20.4. The number of fused-ring (bicyclic) bond motifs is 1. The lowest BCUT2D eigenvalue weighted by Gasteiger charge is -2.49. The van der Waals surface area contributed by atoms with Crippen LogP contribution in [0.3, 0.4) is 0 Å². The Labute approximate surface area is 167 Å². The summed E-state index contributed by atoms with van der Waals surface area (Å²) < 4.78 is 19.4. The number of rotatable bonds is 6. The molecule has 0 aromatic heterocycles. The second kappa shape index (κ2) is 6.65. The lowest BCUT2D eigenvalue weighted by molar-refractivity contribution is -0.145. The molecule has 3 fully saturated rings. The van der Waals surface area contributed by atoms with Crippen molar-refractivity contribution in [3.8, 4) is 0 Å². The molecule has 1 N–H and O–H groups in total. The van der Waals surface area contributed by atoms with Gasteiger partial charge in [-0.15, -0.1) is 0 Å². The number of hydrogen-bond acceptors (Lipinski definition) is 4. The van der Waals surface area contributed by atoms with E-state index in [2.05, 4.69) is 65.7 Å². The monoisotopic (exact) mass is 413 g/mol. The van der Waals surface area contributed by atoms with Crippen LogP contribution in [0.25, 0.3) is 0 Å². The number of ether oxygens (including phenoxy) is 1. The highest BCUT2D eigenvalue weighted by Gasteiger charge is 2.73. The highest BCUT2D eigenvalue weighted by atomic mass is 28.4. The molecule has 3 rings (SSSR count). The maximum atomic E-state index is 12.5. The molecule has 27 heavy (non-hydrogen) atoms. The molecule has 2 heterocycles. The molecule has 0 spiro atoms. The van der Waals surface area contributed by atoms with Crippen LogP contribution < -0.4 is 5.32 Å². The third-order valence-corrected chi connectivity index (χ3v) is 12.5. The average molecular weight is 414 g/mol. The number of hydrogen-bond donors (Lipinski definition) is 1. The van der Waals surface area contributed by atoms with E-state index >= 15 is 0 Å². The van der Waals surface area contributed by atoms with Gasteiger partial charge in [0, 0.05) is 0 Å². The van der Waals surface area contributed by atoms with Crippen LogP contribution in [-0.4, -0.2) is 52.5 Å². The molecule has 0 radical (unpaired) electrons. The molecule has 6 atom stereocenters. The smallest absolute Gasteiger partial charge is 0.228 e. The molecule has 1 aliphatic carbocycles. The number of carbonyl (C=O) groups excluding carboxylic acids is 1. The van der Waals surface area contributed by atoms with E-state index in [-0.39, 0.29) is 46.8 Å². The Bertz CT molecular complexity index is 598. The Morgan fingerprint density at radius 3 is 2.33 bits per heavy atom. The average Bonchev–Trinajstić information content (AvgIpc) is 3.17. The molecule has 1 unspecified atom stereocenters. The molecule has 1 amide bonds. The van der Waals surface area contributed by atoms with Crippen LogP contribution in [0.2, 0.25) is 37.8 Å².